The number of allylic oxidation sites excluding steroid dienone is 2. The number of amides is 2. The highest BCUT2D eigenvalue weighted by atomic mass is 16.2. The van der Waals surface area contributed by atoms with Crippen LogP contribution in [0.15, 0.2) is 30.4 Å². The molecular formula is C20H22N2O2. The zero-order valence-corrected chi connectivity index (χ0v) is 14.0. The lowest BCUT2D eigenvalue weighted by Crippen LogP contribution is -2.40. The van der Waals surface area contributed by atoms with Crippen LogP contribution in [0.3, 0.4) is 0 Å². The number of carbonyl (C=O) groups excluding carboxylic acids is 2. The number of imide groups is 1. The van der Waals surface area contributed by atoms with Gasteiger partial charge >= 0.3 is 0 Å². The fraction of sp³-hybridized carbons (Fsp3) is 0.500. The van der Waals surface area contributed by atoms with Crippen molar-refractivity contribution in [2.75, 3.05) is 12.0 Å². The molecule has 1 aliphatic heterocycles. The molecule has 1 heterocycles. The Kier molecular flexibility index (Phi) is 2.80. The standard InChI is InChI=1S/C20H22N2O2/c1-10-4-3-5-11(2)18(10)21-9-22-19(23)16-12-6-7-13(15-8-14(12)15)17(16)20(22)24/h3-7,12-17,21H,8-9H2,1-2H3/t12-,13-,14-,15+,16-,17-/m1/s1. The van der Waals surface area contributed by atoms with E-state index in [2.05, 4.69) is 17.5 Å². The third-order valence-corrected chi connectivity index (χ3v) is 6.65. The summed E-state index contributed by atoms with van der Waals surface area (Å²) in [4.78, 5) is 27.3. The van der Waals surface area contributed by atoms with Crippen LogP contribution in [0.25, 0.3) is 0 Å². The molecule has 6 atom stereocenters. The number of carbonyl (C=O) groups is 2. The van der Waals surface area contributed by atoms with Gasteiger partial charge in [-0.15, -0.1) is 0 Å². The number of nitrogens with zero attached hydrogens (tertiary/aromatic N) is 1. The number of nitrogens with one attached hydrogen (secondary N) is 1. The summed E-state index contributed by atoms with van der Waals surface area (Å²) in [7, 11) is 0. The second-order valence-corrected chi connectivity index (χ2v) is 7.86. The first-order chi connectivity index (χ1) is 11.6. The Balaban J connectivity index is 1.39. The molecule has 0 aromatic heterocycles. The average Bonchev–Trinajstić information content (AvgIpc) is 3.34. The number of benzene rings is 1. The number of hydrogen-bond acceptors (Lipinski definition) is 3. The van der Waals surface area contributed by atoms with E-state index in [0.29, 0.717) is 23.7 Å². The Bertz CT molecular complexity index is 728. The topological polar surface area (TPSA) is 49.4 Å². The van der Waals surface area contributed by atoms with Crippen LogP contribution in [-0.2, 0) is 9.59 Å². The Labute approximate surface area is 141 Å². The van der Waals surface area contributed by atoms with Crippen molar-refractivity contribution < 1.29 is 9.59 Å². The summed E-state index contributed by atoms with van der Waals surface area (Å²) in [5.74, 6) is 1.78. The Morgan fingerprint density at radius 3 is 2.08 bits per heavy atom. The Morgan fingerprint density at radius 1 is 1.00 bits per heavy atom. The second kappa shape index (κ2) is 4.71. The van der Waals surface area contributed by atoms with Gasteiger partial charge in [-0.2, -0.15) is 0 Å². The van der Waals surface area contributed by atoms with Crippen LogP contribution in [0.1, 0.15) is 17.5 Å². The molecule has 4 aliphatic carbocycles. The number of rotatable bonds is 3. The van der Waals surface area contributed by atoms with Crippen LogP contribution >= 0.6 is 0 Å². The lowest BCUT2D eigenvalue weighted by molar-refractivity contribution is -0.139. The minimum Gasteiger partial charge on any atom is -0.367 e. The highest BCUT2D eigenvalue weighted by molar-refractivity contribution is 6.06. The van der Waals surface area contributed by atoms with Gasteiger partial charge < -0.3 is 5.32 Å². The van der Waals surface area contributed by atoms with Crippen molar-refractivity contribution in [2.24, 2.45) is 35.5 Å². The normalized spacial score (nSPS) is 38.3. The van der Waals surface area contributed by atoms with Crippen LogP contribution < -0.4 is 5.32 Å². The third kappa shape index (κ3) is 1.74. The summed E-state index contributed by atoms with van der Waals surface area (Å²) in [6, 6.07) is 6.10. The van der Waals surface area contributed by atoms with Crippen LogP contribution in [0.4, 0.5) is 5.69 Å². The summed E-state index contributed by atoms with van der Waals surface area (Å²) in [6.07, 6.45) is 5.64. The minimum absolute atomic E-state index is 0.0356. The molecule has 1 N–H and O–H groups in total. The maximum absolute atomic E-state index is 12.9. The lowest BCUT2D eigenvalue weighted by atomic mass is 9.63. The van der Waals surface area contributed by atoms with Crippen molar-refractivity contribution in [2.45, 2.75) is 20.3 Å². The number of anilines is 1. The van der Waals surface area contributed by atoms with Crippen molar-refractivity contribution >= 4 is 17.5 Å². The van der Waals surface area contributed by atoms with Gasteiger partial charge in [0.25, 0.3) is 0 Å². The van der Waals surface area contributed by atoms with Gasteiger partial charge in [-0.3, -0.25) is 14.5 Å². The average molecular weight is 322 g/mol. The molecule has 2 amide bonds. The fourth-order valence-corrected chi connectivity index (χ4v) is 5.43. The van der Waals surface area contributed by atoms with Crippen molar-refractivity contribution in [3.8, 4) is 0 Å². The van der Waals surface area contributed by atoms with E-state index in [0.717, 1.165) is 16.8 Å². The second-order valence-electron chi connectivity index (χ2n) is 7.86. The molecule has 24 heavy (non-hydrogen) atoms. The van der Waals surface area contributed by atoms with Gasteiger partial charge in [0, 0.05) is 5.69 Å². The predicted molar refractivity (Wildman–Crippen MR) is 91.0 cm³/mol. The minimum atomic E-state index is -0.101. The van der Waals surface area contributed by atoms with E-state index in [1.807, 2.05) is 32.0 Å². The van der Waals surface area contributed by atoms with Crippen molar-refractivity contribution in [3.05, 3.63) is 41.5 Å². The first-order valence-electron chi connectivity index (χ1n) is 8.91. The molecule has 3 fully saturated rings. The summed E-state index contributed by atoms with van der Waals surface area (Å²) in [5, 5.41) is 3.33. The number of aryl methyl sites for hydroxylation is 2. The van der Waals surface area contributed by atoms with Gasteiger partial charge in [0.1, 0.15) is 0 Å². The zero-order chi connectivity index (χ0) is 16.6. The van der Waals surface area contributed by atoms with E-state index in [1.54, 1.807) is 0 Å². The molecule has 124 valence electrons. The largest absolute Gasteiger partial charge is 0.367 e. The molecule has 4 heteroatoms. The Hall–Kier alpha value is -2.10. The molecule has 1 aromatic carbocycles. The first kappa shape index (κ1) is 14.3. The van der Waals surface area contributed by atoms with Gasteiger partial charge in [-0.1, -0.05) is 30.4 Å². The van der Waals surface area contributed by atoms with E-state index < -0.39 is 0 Å². The molecular weight excluding hydrogens is 300 g/mol. The SMILES string of the molecule is Cc1cccc(C)c1NCN1C(=O)[C@@H]2[C@@H]3C=C[C@H]([C@@H]4C[C@H]34)[C@H]2C1=O. The summed E-state index contributed by atoms with van der Waals surface area (Å²) < 4.78 is 0. The third-order valence-electron chi connectivity index (χ3n) is 6.65. The smallest absolute Gasteiger partial charge is 0.235 e. The highest BCUT2D eigenvalue weighted by Crippen LogP contribution is 2.65. The molecule has 0 radical (unpaired) electrons. The van der Waals surface area contributed by atoms with E-state index in [4.69, 9.17) is 0 Å². The van der Waals surface area contributed by atoms with E-state index in [1.165, 1.54) is 11.3 Å². The van der Waals surface area contributed by atoms with Gasteiger partial charge in [0.2, 0.25) is 11.8 Å². The molecule has 1 saturated heterocycles. The molecule has 0 spiro atoms. The van der Waals surface area contributed by atoms with Crippen molar-refractivity contribution in [1.82, 2.24) is 4.90 Å². The van der Waals surface area contributed by atoms with Gasteiger partial charge in [-0.25, -0.2) is 0 Å². The quantitative estimate of drug-likeness (QED) is 0.688. The molecule has 2 saturated carbocycles. The van der Waals surface area contributed by atoms with E-state index >= 15 is 0 Å². The Morgan fingerprint density at radius 2 is 1.54 bits per heavy atom. The van der Waals surface area contributed by atoms with Gasteiger partial charge in [0.05, 0.1) is 18.5 Å². The van der Waals surface area contributed by atoms with E-state index in [9.17, 15) is 9.59 Å². The summed E-state index contributed by atoms with van der Waals surface area (Å²) in [6.45, 7) is 4.37. The summed E-state index contributed by atoms with van der Waals surface area (Å²) in [5.41, 5.74) is 3.29. The van der Waals surface area contributed by atoms with Crippen LogP contribution in [0, 0.1) is 49.4 Å². The number of likely N-dealkylation sites (tertiary alicyclic amines) is 1. The number of para-hydroxylation sites is 1. The molecule has 6 rings (SSSR count). The number of hydrogen-bond donors (Lipinski definition) is 1. The molecule has 0 unspecified atom stereocenters. The predicted octanol–water partition coefficient (Wildman–Crippen LogP) is 2.73. The molecule has 1 aromatic rings. The molecule has 2 bridgehead atoms. The molecule has 5 aliphatic rings. The fourth-order valence-electron chi connectivity index (χ4n) is 5.43. The maximum atomic E-state index is 12.9. The van der Waals surface area contributed by atoms with Crippen LogP contribution in [0.5, 0.6) is 0 Å². The lowest BCUT2D eigenvalue weighted by Gasteiger charge is -2.37. The molecule has 4 nitrogen and oxygen atoms in total. The van der Waals surface area contributed by atoms with Crippen molar-refractivity contribution in [3.63, 3.8) is 0 Å². The van der Waals surface area contributed by atoms with Gasteiger partial charge in [0.15, 0.2) is 0 Å². The van der Waals surface area contributed by atoms with Crippen LogP contribution in [0.2, 0.25) is 0 Å². The first-order valence-corrected chi connectivity index (χ1v) is 8.91. The zero-order valence-electron chi connectivity index (χ0n) is 14.0. The van der Waals surface area contributed by atoms with E-state index in [-0.39, 0.29) is 30.3 Å². The van der Waals surface area contributed by atoms with Crippen molar-refractivity contribution in [1.29, 1.82) is 0 Å². The highest BCUT2D eigenvalue weighted by Gasteiger charge is 2.66. The summed E-state index contributed by atoms with van der Waals surface area (Å²) >= 11 is 0. The maximum Gasteiger partial charge on any atom is 0.235 e. The monoisotopic (exact) mass is 322 g/mol. The van der Waals surface area contributed by atoms with Gasteiger partial charge in [-0.05, 0) is 55.1 Å². The van der Waals surface area contributed by atoms with Crippen LogP contribution in [-0.4, -0.2) is 23.4 Å².